The molecule has 0 radical (unpaired) electrons. The number of nitrogens with zero attached hydrogens (tertiary/aromatic N) is 1. The van der Waals surface area contributed by atoms with Gasteiger partial charge in [0.1, 0.15) is 0 Å². The van der Waals surface area contributed by atoms with Crippen LogP contribution in [-0.2, 0) is 9.59 Å². The number of imide groups is 1. The van der Waals surface area contributed by atoms with Crippen LogP contribution in [0.1, 0.15) is 17.5 Å². The molecule has 22 heavy (non-hydrogen) atoms. The lowest BCUT2D eigenvalue weighted by Crippen LogP contribution is -2.37. The van der Waals surface area contributed by atoms with E-state index in [1.54, 1.807) is 0 Å². The minimum absolute atomic E-state index is 0.00347. The molecule has 1 aromatic rings. The van der Waals surface area contributed by atoms with Gasteiger partial charge in [0, 0.05) is 9.65 Å². The van der Waals surface area contributed by atoms with Gasteiger partial charge in [-0.25, -0.2) is 4.90 Å². The fourth-order valence-corrected chi connectivity index (χ4v) is 6.60. The maximum atomic E-state index is 13.0. The van der Waals surface area contributed by atoms with Gasteiger partial charge >= 0.3 is 0 Å². The molecule has 0 aromatic heterocycles. The number of hydrogen-bond acceptors (Lipinski definition) is 2. The summed E-state index contributed by atoms with van der Waals surface area (Å²) in [5, 5.41) is 0. The molecule has 1 saturated heterocycles. The van der Waals surface area contributed by atoms with Crippen LogP contribution in [0, 0.1) is 37.5 Å². The summed E-state index contributed by atoms with van der Waals surface area (Å²) in [4.78, 5) is 28.1. The molecule has 2 aliphatic carbocycles. The molecule has 2 bridgehead atoms. The first-order valence-corrected chi connectivity index (χ1v) is 9.48. The molecule has 0 unspecified atom stereocenters. The van der Waals surface area contributed by atoms with Gasteiger partial charge in [0.2, 0.25) is 11.8 Å². The molecule has 0 N–H and O–H groups in total. The van der Waals surface area contributed by atoms with Crippen molar-refractivity contribution in [3.8, 4) is 0 Å². The Morgan fingerprint density at radius 1 is 0.955 bits per heavy atom. The zero-order chi connectivity index (χ0) is 15.8. The van der Waals surface area contributed by atoms with E-state index >= 15 is 0 Å². The van der Waals surface area contributed by atoms with Gasteiger partial charge in [-0.1, -0.05) is 50.1 Å². The molecular formula is C17H17Br2NO2. The van der Waals surface area contributed by atoms with E-state index in [4.69, 9.17) is 0 Å². The highest BCUT2D eigenvalue weighted by Crippen LogP contribution is 2.60. The summed E-state index contributed by atoms with van der Waals surface area (Å²) in [5.41, 5.74) is 2.77. The number of benzene rings is 1. The van der Waals surface area contributed by atoms with Crippen molar-refractivity contribution in [2.75, 3.05) is 4.90 Å². The molecule has 0 spiro atoms. The molecule has 1 heterocycles. The van der Waals surface area contributed by atoms with Gasteiger partial charge in [0.25, 0.3) is 0 Å². The predicted molar refractivity (Wildman–Crippen MR) is 92.4 cm³/mol. The van der Waals surface area contributed by atoms with Gasteiger partial charge in [-0.3, -0.25) is 9.59 Å². The number of anilines is 1. The molecule has 4 rings (SSSR count). The molecule has 1 aromatic carbocycles. The third-order valence-corrected chi connectivity index (χ3v) is 8.86. The van der Waals surface area contributed by atoms with E-state index in [2.05, 4.69) is 31.9 Å². The Bertz CT molecular complexity index is 637. The normalized spacial score (nSPS) is 39.7. The van der Waals surface area contributed by atoms with Crippen molar-refractivity contribution in [1.82, 2.24) is 0 Å². The van der Waals surface area contributed by atoms with Crippen LogP contribution in [0.15, 0.2) is 18.2 Å². The minimum atomic E-state index is -0.144. The fourth-order valence-electron chi connectivity index (χ4n) is 4.73. The Labute approximate surface area is 146 Å². The summed E-state index contributed by atoms with van der Waals surface area (Å²) in [6.07, 6.45) is 0.971. The smallest absolute Gasteiger partial charge is 0.238 e. The zero-order valence-corrected chi connectivity index (χ0v) is 15.6. The molecule has 6 atom stereocenters. The molecule has 3 fully saturated rings. The summed E-state index contributed by atoms with van der Waals surface area (Å²) in [6.45, 7) is 3.93. The highest BCUT2D eigenvalue weighted by Gasteiger charge is 2.66. The highest BCUT2D eigenvalue weighted by molar-refractivity contribution is 9.12. The van der Waals surface area contributed by atoms with E-state index in [1.165, 1.54) is 4.90 Å². The predicted octanol–water partition coefficient (Wildman–Crippen LogP) is 3.59. The molecular weight excluding hydrogens is 410 g/mol. The van der Waals surface area contributed by atoms with E-state index in [0.717, 1.165) is 23.2 Å². The molecule has 3 nitrogen and oxygen atoms in total. The molecule has 116 valence electrons. The average molecular weight is 427 g/mol. The topological polar surface area (TPSA) is 37.4 Å². The van der Waals surface area contributed by atoms with E-state index in [0.29, 0.717) is 0 Å². The standard InChI is InChI=1S/C17H17Br2NO2/c1-7-4-3-5-8(2)15(7)20-16(21)11-9-6-10(12(11)17(20)22)14(19)13(9)18/h3-5,9-14H,6H2,1-2H3/t9-,10-,11-,12+,13-,14+/m0/s1. The average Bonchev–Trinajstić information content (AvgIpc) is 3.06. The van der Waals surface area contributed by atoms with Crippen molar-refractivity contribution in [2.45, 2.75) is 29.9 Å². The van der Waals surface area contributed by atoms with E-state index in [-0.39, 0.29) is 45.1 Å². The number of rotatable bonds is 1. The number of alkyl halides is 2. The Kier molecular flexibility index (Phi) is 3.32. The second kappa shape index (κ2) is 4.91. The third-order valence-electron chi connectivity index (χ3n) is 5.65. The fraction of sp³-hybridized carbons (Fsp3) is 0.529. The van der Waals surface area contributed by atoms with Crippen LogP contribution in [0.5, 0.6) is 0 Å². The van der Waals surface area contributed by atoms with Gasteiger partial charge in [-0.15, -0.1) is 0 Å². The van der Waals surface area contributed by atoms with Crippen LogP contribution >= 0.6 is 31.9 Å². The molecule has 3 aliphatic rings. The van der Waals surface area contributed by atoms with E-state index in [9.17, 15) is 9.59 Å². The quantitative estimate of drug-likeness (QED) is 0.508. The lowest BCUT2D eigenvalue weighted by atomic mass is 9.81. The van der Waals surface area contributed by atoms with Crippen molar-refractivity contribution < 1.29 is 9.59 Å². The Morgan fingerprint density at radius 3 is 1.86 bits per heavy atom. The number of aryl methyl sites for hydroxylation is 2. The number of para-hydroxylation sites is 1. The number of amides is 2. The van der Waals surface area contributed by atoms with Crippen LogP contribution < -0.4 is 4.90 Å². The first-order chi connectivity index (χ1) is 10.4. The number of carbonyl (C=O) groups excluding carboxylic acids is 2. The van der Waals surface area contributed by atoms with Crippen molar-refractivity contribution in [1.29, 1.82) is 0 Å². The maximum Gasteiger partial charge on any atom is 0.238 e. The SMILES string of the molecule is Cc1cccc(C)c1N1C(=O)[C@@H]2[C@@H]3C[C@H]([C@H](Br)[C@@H]3Br)[C@@H]2C1=O. The molecule has 2 amide bonds. The first kappa shape index (κ1) is 14.9. The van der Waals surface area contributed by atoms with Crippen molar-refractivity contribution in [3.63, 3.8) is 0 Å². The van der Waals surface area contributed by atoms with Gasteiger partial charge < -0.3 is 0 Å². The van der Waals surface area contributed by atoms with Crippen molar-refractivity contribution in [2.24, 2.45) is 23.7 Å². The summed E-state index contributed by atoms with van der Waals surface area (Å²) in [5.74, 6) is 0.257. The summed E-state index contributed by atoms with van der Waals surface area (Å²) in [7, 11) is 0. The Hall–Kier alpha value is -0.680. The number of carbonyl (C=O) groups is 2. The lowest BCUT2D eigenvalue weighted by molar-refractivity contribution is -0.123. The monoisotopic (exact) mass is 425 g/mol. The minimum Gasteiger partial charge on any atom is -0.274 e. The van der Waals surface area contributed by atoms with Crippen LogP contribution in [0.3, 0.4) is 0 Å². The van der Waals surface area contributed by atoms with Crippen LogP contribution in [-0.4, -0.2) is 21.5 Å². The number of halogens is 2. The summed E-state index contributed by atoms with van der Waals surface area (Å²) in [6, 6.07) is 5.89. The lowest BCUT2D eigenvalue weighted by Gasteiger charge is -2.28. The van der Waals surface area contributed by atoms with Crippen molar-refractivity contribution >= 4 is 49.4 Å². The maximum absolute atomic E-state index is 13.0. The largest absolute Gasteiger partial charge is 0.274 e. The zero-order valence-electron chi connectivity index (χ0n) is 12.4. The van der Waals surface area contributed by atoms with Crippen LogP contribution in [0.2, 0.25) is 0 Å². The van der Waals surface area contributed by atoms with Gasteiger partial charge in [-0.05, 0) is 43.2 Å². The molecule has 2 saturated carbocycles. The molecule has 1 aliphatic heterocycles. The Morgan fingerprint density at radius 2 is 1.41 bits per heavy atom. The Balaban J connectivity index is 1.80. The second-order valence-electron chi connectivity index (χ2n) is 6.76. The summed E-state index contributed by atoms with van der Waals surface area (Å²) >= 11 is 7.44. The van der Waals surface area contributed by atoms with Crippen LogP contribution in [0.4, 0.5) is 5.69 Å². The third kappa shape index (κ3) is 1.72. The molecule has 5 heteroatoms. The second-order valence-corrected chi connectivity index (χ2v) is 8.87. The van der Waals surface area contributed by atoms with E-state index < -0.39 is 0 Å². The van der Waals surface area contributed by atoms with E-state index in [1.807, 2.05) is 32.0 Å². The highest BCUT2D eigenvalue weighted by atomic mass is 79.9. The number of fused-ring (bicyclic) bond motifs is 5. The van der Waals surface area contributed by atoms with Gasteiger partial charge in [0.05, 0.1) is 17.5 Å². The summed E-state index contributed by atoms with van der Waals surface area (Å²) < 4.78 is 0. The van der Waals surface area contributed by atoms with Gasteiger partial charge in [-0.2, -0.15) is 0 Å². The number of hydrogen-bond donors (Lipinski definition) is 0. The van der Waals surface area contributed by atoms with Gasteiger partial charge in [0.15, 0.2) is 0 Å². The van der Waals surface area contributed by atoms with Crippen molar-refractivity contribution in [3.05, 3.63) is 29.3 Å². The first-order valence-electron chi connectivity index (χ1n) is 7.65. The van der Waals surface area contributed by atoms with Crippen LogP contribution in [0.25, 0.3) is 0 Å².